The molecule has 2 aromatic heterocycles. The molecule has 0 spiro atoms. The number of nitrogens with zero attached hydrogens (tertiary/aromatic N) is 2. The maximum atomic E-state index is 14.1. The Bertz CT molecular complexity index is 1280. The summed E-state index contributed by atoms with van der Waals surface area (Å²) in [5, 5.41) is 0.816. The van der Waals surface area contributed by atoms with E-state index in [-0.39, 0.29) is 23.6 Å². The number of hydrogen-bond donors (Lipinski definition) is 1. The molecule has 8 heteroatoms. The van der Waals surface area contributed by atoms with Crippen LogP contribution in [0.2, 0.25) is 0 Å². The number of aromatic amines is 1. The average Bonchev–Trinajstić information content (AvgIpc) is 3.26. The number of benzene rings is 2. The second kappa shape index (κ2) is 7.83. The lowest BCUT2D eigenvalue weighted by molar-refractivity contribution is 0.286. The number of halogens is 5. The van der Waals surface area contributed by atoms with Gasteiger partial charge in [-0.2, -0.15) is 0 Å². The zero-order valence-corrected chi connectivity index (χ0v) is 17.2. The summed E-state index contributed by atoms with van der Waals surface area (Å²) in [4.78, 5) is 11.0. The molecule has 1 saturated carbocycles. The number of aromatic nitrogens is 3. The summed E-state index contributed by atoms with van der Waals surface area (Å²) in [6.07, 6.45) is 5.11. The van der Waals surface area contributed by atoms with Gasteiger partial charge in [-0.15, -0.1) is 0 Å². The van der Waals surface area contributed by atoms with Crippen LogP contribution < -0.4 is 0 Å². The third-order valence-corrected chi connectivity index (χ3v) is 6.82. The van der Waals surface area contributed by atoms with Crippen molar-refractivity contribution in [2.75, 3.05) is 0 Å². The molecule has 32 heavy (non-hydrogen) atoms. The number of imidazole rings is 1. The molecular formula is C24H20F5N3. The smallest absolute Gasteiger partial charge is 0.199 e. The van der Waals surface area contributed by atoms with Gasteiger partial charge in [-0.1, -0.05) is 6.92 Å². The Hall–Kier alpha value is -3.03. The lowest BCUT2D eigenvalue weighted by Crippen LogP contribution is -2.19. The molecule has 1 N–H and O–H groups in total. The molecule has 166 valence electrons. The van der Waals surface area contributed by atoms with Crippen LogP contribution in [0.3, 0.4) is 0 Å². The molecule has 2 heterocycles. The van der Waals surface area contributed by atoms with Crippen molar-refractivity contribution in [3.8, 4) is 0 Å². The molecule has 0 bridgehead atoms. The normalized spacial score (nSPS) is 20.2. The molecule has 0 saturated heterocycles. The maximum absolute atomic E-state index is 14.1. The van der Waals surface area contributed by atoms with E-state index in [0.29, 0.717) is 5.82 Å². The van der Waals surface area contributed by atoms with Crippen LogP contribution in [0.4, 0.5) is 22.0 Å². The molecule has 1 fully saturated rings. The highest BCUT2D eigenvalue weighted by Gasteiger charge is 2.31. The third-order valence-electron chi connectivity index (χ3n) is 6.82. The van der Waals surface area contributed by atoms with Gasteiger partial charge in [0.05, 0.1) is 5.52 Å². The van der Waals surface area contributed by atoms with Gasteiger partial charge in [0, 0.05) is 17.5 Å². The van der Waals surface area contributed by atoms with Crippen LogP contribution in [0.15, 0.2) is 30.5 Å². The summed E-state index contributed by atoms with van der Waals surface area (Å²) in [6, 6.07) is 6.52. The number of fused-ring (bicyclic) bond motifs is 2. The molecule has 1 atom stereocenters. The monoisotopic (exact) mass is 445 g/mol. The van der Waals surface area contributed by atoms with Crippen molar-refractivity contribution in [2.24, 2.45) is 5.92 Å². The fraction of sp³-hybridized carbons (Fsp3) is 0.333. The predicted octanol–water partition coefficient (Wildman–Crippen LogP) is 6.88. The SMILES string of the molecule is C[C@@H](c1nc2c(F)c(F)c(F)c(F)c2[nH]1)C1CCC(c2ccnc3ccc(F)cc23)CC1. The van der Waals surface area contributed by atoms with Crippen molar-refractivity contribution in [1.29, 1.82) is 0 Å². The zero-order chi connectivity index (χ0) is 22.6. The Morgan fingerprint density at radius 2 is 1.62 bits per heavy atom. The van der Waals surface area contributed by atoms with E-state index in [1.165, 1.54) is 12.1 Å². The minimum atomic E-state index is -1.86. The van der Waals surface area contributed by atoms with Gasteiger partial charge in [-0.05, 0) is 67.3 Å². The van der Waals surface area contributed by atoms with Gasteiger partial charge in [0.25, 0.3) is 0 Å². The first-order valence-electron chi connectivity index (χ1n) is 10.6. The molecule has 0 aliphatic heterocycles. The summed E-state index contributed by atoms with van der Waals surface area (Å²) >= 11 is 0. The second-order valence-electron chi connectivity index (χ2n) is 8.56. The van der Waals surface area contributed by atoms with E-state index < -0.39 is 34.3 Å². The highest BCUT2D eigenvalue weighted by Crippen LogP contribution is 2.43. The number of nitrogens with one attached hydrogen (secondary N) is 1. The van der Waals surface area contributed by atoms with E-state index in [4.69, 9.17) is 0 Å². The van der Waals surface area contributed by atoms with Crippen LogP contribution in [0.25, 0.3) is 21.9 Å². The first kappa shape index (κ1) is 20.8. The molecule has 4 aromatic rings. The first-order chi connectivity index (χ1) is 15.3. The van der Waals surface area contributed by atoms with Crippen molar-refractivity contribution in [1.82, 2.24) is 15.0 Å². The number of rotatable bonds is 3. The van der Waals surface area contributed by atoms with Gasteiger partial charge in [0.2, 0.25) is 0 Å². The topological polar surface area (TPSA) is 41.6 Å². The standard InChI is InChI=1S/C24H20F5N3/c1-11(24-31-22-20(28)18(26)19(27)21(29)23(22)32-24)12-2-4-13(5-3-12)15-8-9-30-17-7-6-14(25)10-16(15)17/h6-13H,2-5H2,1H3,(H,31,32)/t11-,12?,13?/m1/s1. The molecule has 2 aromatic carbocycles. The highest BCUT2D eigenvalue weighted by atomic mass is 19.2. The Morgan fingerprint density at radius 3 is 2.38 bits per heavy atom. The van der Waals surface area contributed by atoms with Crippen molar-refractivity contribution in [3.05, 3.63) is 70.9 Å². The third kappa shape index (κ3) is 3.32. The molecule has 1 aliphatic carbocycles. The lowest BCUT2D eigenvalue weighted by atomic mass is 9.73. The second-order valence-corrected chi connectivity index (χ2v) is 8.56. The van der Waals surface area contributed by atoms with E-state index in [0.717, 1.165) is 42.1 Å². The Balaban J connectivity index is 1.38. The van der Waals surface area contributed by atoms with E-state index in [1.807, 2.05) is 13.0 Å². The molecule has 0 radical (unpaired) electrons. The number of pyridine rings is 1. The van der Waals surface area contributed by atoms with Crippen LogP contribution in [0.1, 0.15) is 55.8 Å². The summed E-state index contributed by atoms with van der Waals surface area (Å²) in [5.41, 5.74) is 0.842. The summed E-state index contributed by atoms with van der Waals surface area (Å²) < 4.78 is 69.0. The molecular weight excluding hydrogens is 425 g/mol. The van der Waals surface area contributed by atoms with Gasteiger partial charge >= 0.3 is 0 Å². The van der Waals surface area contributed by atoms with Crippen LogP contribution in [-0.2, 0) is 0 Å². The zero-order valence-electron chi connectivity index (χ0n) is 17.2. The summed E-state index contributed by atoms with van der Waals surface area (Å²) in [7, 11) is 0. The van der Waals surface area contributed by atoms with Crippen LogP contribution >= 0.6 is 0 Å². The number of hydrogen-bond acceptors (Lipinski definition) is 2. The lowest BCUT2D eigenvalue weighted by Gasteiger charge is -2.32. The van der Waals surface area contributed by atoms with Crippen LogP contribution in [0.5, 0.6) is 0 Å². The van der Waals surface area contributed by atoms with Crippen molar-refractivity contribution >= 4 is 21.9 Å². The molecule has 0 unspecified atom stereocenters. The van der Waals surface area contributed by atoms with Crippen molar-refractivity contribution < 1.29 is 22.0 Å². The van der Waals surface area contributed by atoms with Crippen molar-refractivity contribution in [3.63, 3.8) is 0 Å². The van der Waals surface area contributed by atoms with E-state index in [1.54, 1.807) is 12.3 Å². The van der Waals surface area contributed by atoms with Gasteiger partial charge in [0.15, 0.2) is 23.3 Å². The van der Waals surface area contributed by atoms with E-state index in [2.05, 4.69) is 15.0 Å². The fourth-order valence-electron chi connectivity index (χ4n) is 4.98. The summed E-state index contributed by atoms with van der Waals surface area (Å²) in [5.74, 6) is -6.41. The van der Waals surface area contributed by atoms with Crippen molar-refractivity contribution in [2.45, 2.75) is 44.4 Å². The predicted molar refractivity (Wildman–Crippen MR) is 111 cm³/mol. The Labute approximate surface area is 180 Å². The Morgan fingerprint density at radius 1 is 0.906 bits per heavy atom. The fourth-order valence-corrected chi connectivity index (χ4v) is 4.98. The average molecular weight is 445 g/mol. The van der Waals surface area contributed by atoms with Crippen LogP contribution in [0, 0.1) is 35.0 Å². The molecule has 1 aliphatic rings. The van der Waals surface area contributed by atoms with E-state index in [9.17, 15) is 22.0 Å². The minimum Gasteiger partial charge on any atom is -0.339 e. The molecule has 0 amide bonds. The van der Waals surface area contributed by atoms with Crippen LogP contribution in [-0.4, -0.2) is 15.0 Å². The summed E-state index contributed by atoms with van der Waals surface area (Å²) in [6.45, 7) is 1.89. The van der Waals surface area contributed by atoms with Gasteiger partial charge in [0.1, 0.15) is 22.7 Å². The minimum absolute atomic E-state index is 0.178. The maximum Gasteiger partial charge on any atom is 0.199 e. The van der Waals surface area contributed by atoms with E-state index >= 15 is 0 Å². The quantitative estimate of drug-likeness (QED) is 0.212. The highest BCUT2D eigenvalue weighted by molar-refractivity contribution is 5.82. The van der Waals surface area contributed by atoms with Gasteiger partial charge in [-0.3, -0.25) is 4.98 Å². The largest absolute Gasteiger partial charge is 0.339 e. The van der Waals surface area contributed by atoms with Gasteiger partial charge in [-0.25, -0.2) is 26.9 Å². The Kier molecular flexibility index (Phi) is 5.10. The molecule has 5 rings (SSSR count). The van der Waals surface area contributed by atoms with Gasteiger partial charge < -0.3 is 4.98 Å². The first-order valence-corrected chi connectivity index (χ1v) is 10.6. The molecule has 3 nitrogen and oxygen atoms in total. The number of H-pyrrole nitrogens is 1.